The summed E-state index contributed by atoms with van der Waals surface area (Å²) in [6, 6.07) is 1.44. The van der Waals surface area contributed by atoms with Gasteiger partial charge in [-0.25, -0.2) is 4.98 Å². The van der Waals surface area contributed by atoms with E-state index in [0.717, 1.165) is 17.8 Å². The lowest BCUT2D eigenvalue weighted by Gasteiger charge is -2.13. The van der Waals surface area contributed by atoms with Crippen LogP contribution in [0.2, 0.25) is 0 Å². The number of nitrogens with zero attached hydrogens (tertiary/aromatic N) is 2. The zero-order valence-corrected chi connectivity index (χ0v) is 18.4. The molecule has 0 fully saturated rings. The Labute approximate surface area is 177 Å². The second-order valence-corrected chi connectivity index (χ2v) is 8.66. The van der Waals surface area contributed by atoms with Gasteiger partial charge in [0.25, 0.3) is 11.5 Å². The molecule has 0 aliphatic rings. The first-order chi connectivity index (χ1) is 14.2. The highest BCUT2D eigenvalue weighted by molar-refractivity contribution is 7.20. The molecule has 3 aromatic rings. The van der Waals surface area contributed by atoms with E-state index >= 15 is 0 Å². The fraction of sp³-hybridized carbons (Fsp3) is 0.429. The molecule has 0 bridgehead atoms. The van der Waals surface area contributed by atoms with E-state index in [2.05, 4.69) is 9.97 Å². The fourth-order valence-electron chi connectivity index (χ4n) is 3.20. The number of rotatable bonds is 8. The van der Waals surface area contributed by atoms with Gasteiger partial charge in [0.2, 0.25) is 5.43 Å². The Morgan fingerprint density at radius 2 is 2.10 bits per heavy atom. The predicted molar refractivity (Wildman–Crippen MR) is 118 cm³/mol. The first-order valence-corrected chi connectivity index (χ1v) is 10.7. The van der Waals surface area contributed by atoms with Gasteiger partial charge in [0.05, 0.1) is 23.4 Å². The molecule has 8 nitrogen and oxygen atoms in total. The van der Waals surface area contributed by atoms with E-state index in [1.165, 1.54) is 12.3 Å². The van der Waals surface area contributed by atoms with Crippen LogP contribution in [0.25, 0.3) is 10.2 Å². The molecule has 0 atom stereocenters. The number of fused-ring (bicyclic) bond motifs is 1. The van der Waals surface area contributed by atoms with Crippen molar-refractivity contribution in [1.29, 1.82) is 0 Å². The van der Waals surface area contributed by atoms with E-state index in [1.807, 2.05) is 20.8 Å². The van der Waals surface area contributed by atoms with Crippen molar-refractivity contribution in [3.05, 3.63) is 54.8 Å². The van der Waals surface area contributed by atoms with Gasteiger partial charge in [-0.1, -0.05) is 20.8 Å². The van der Waals surface area contributed by atoms with Crippen LogP contribution < -0.4 is 21.5 Å². The molecule has 160 valence electrons. The van der Waals surface area contributed by atoms with Gasteiger partial charge in [0.1, 0.15) is 10.7 Å². The maximum atomic E-state index is 13.3. The summed E-state index contributed by atoms with van der Waals surface area (Å²) >= 11 is 1.14. The molecule has 3 aromatic heterocycles. The van der Waals surface area contributed by atoms with Gasteiger partial charge < -0.3 is 15.5 Å². The highest BCUT2D eigenvalue weighted by Crippen LogP contribution is 2.27. The molecule has 0 saturated heterocycles. The number of aromatic amines is 1. The van der Waals surface area contributed by atoms with Crippen molar-refractivity contribution in [3.63, 3.8) is 0 Å². The third-order valence-electron chi connectivity index (χ3n) is 4.66. The van der Waals surface area contributed by atoms with Crippen LogP contribution in [0.3, 0.4) is 0 Å². The van der Waals surface area contributed by atoms with Crippen molar-refractivity contribution < 1.29 is 9.53 Å². The van der Waals surface area contributed by atoms with Crippen LogP contribution in [0.15, 0.2) is 21.9 Å². The van der Waals surface area contributed by atoms with Crippen molar-refractivity contribution in [3.8, 4) is 5.75 Å². The van der Waals surface area contributed by atoms with Crippen molar-refractivity contribution >= 4 is 27.5 Å². The van der Waals surface area contributed by atoms with Crippen LogP contribution in [-0.4, -0.2) is 27.0 Å². The average molecular weight is 431 g/mol. The molecule has 0 aliphatic heterocycles. The maximum absolute atomic E-state index is 13.3. The smallest absolute Gasteiger partial charge is 0.262 e. The van der Waals surface area contributed by atoms with Gasteiger partial charge in [-0.05, 0) is 24.8 Å². The van der Waals surface area contributed by atoms with Gasteiger partial charge in [-0.15, -0.1) is 11.3 Å². The first-order valence-electron chi connectivity index (χ1n) is 9.89. The number of aryl methyl sites for hydroxylation is 2. The molecule has 0 radical (unpaired) electrons. The van der Waals surface area contributed by atoms with E-state index in [1.54, 1.807) is 11.5 Å². The quantitative estimate of drug-likeness (QED) is 0.569. The molecule has 9 heteroatoms. The number of hydrogen-bond acceptors (Lipinski definition) is 6. The molecule has 0 aliphatic carbocycles. The molecule has 0 spiro atoms. The summed E-state index contributed by atoms with van der Waals surface area (Å²) in [7, 11) is 0. The number of pyridine rings is 1. The highest BCUT2D eigenvalue weighted by atomic mass is 32.1. The average Bonchev–Trinajstić information content (AvgIpc) is 3.01. The number of carbonyl (C=O) groups excluding carboxylic acids is 1. The van der Waals surface area contributed by atoms with Crippen LogP contribution in [-0.2, 0) is 13.0 Å². The molecule has 0 unspecified atom stereocenters. The molecule has 30 heavy (non-hydrogen) atoms. The van der Waals surface area contributed by atoms with E-state index < -0.39 is 5.91 Å². The summed E-state index contributed by atoms with van der Waals surface area (Å²) in [5.41, 5.74) is 6.07. The number of H-pyrrole nitrogens is 1. The number of thiophene rings is 1. The zero-order valence-electron chi connectivity index (χ0n) is 17.6. The summed E-state index contributed by atoms with van der Waals surface area (Å²) in [5, 5.41) is 0.396. The minimum absolute atomic E-state index is 0.165. The standard InChI is InChI=1S/C21H26N4O4S/c1-5-6-16-24-20-17(12(4)18(30-20)19(22)27)21(28)25(16)9-13-7-14(26)15(8-23-13)29-10-11(2)3/h7-8,11H,5-6,9-10H2,1-4H3,(H2,22,27)(H,23,26). The van der Waals surface area contributed by atoms with Gasteiger partial charge in [-0.2, -0.15) is 0 Å². The summed E-state index contributed by atoms with van der Waals surface area (Å²) in [5.74, 6) is 0.589. The number of nitrogens with one attached hydrogen (secondary N) is 1. The zero-order chi connectivity index (χ0) is 22.0. The van der Waals surface area contributed by atoms with Crippen molar-refractivity contribution in [1.82, 2.24) is 14.5 Å². The number of ether oxygens (including phenoxy) is 1. The maximum Gasteiger partial charge on any atom is 0.262 e. The largest absolute Gasteiger partial charge is 0.488 e. The van der Waals surface area contributed by atoms with Gasteiger partial charge in [0.15, 0.2) is 5.75 Å². The number of primary amides is 1. The van der Waals surface area contributed by atoms with Crippen molar-refractivity contribution in [2.45, 2.75) is 47.1 Å². The minimum Gasteiger partial charge on any atom is -0.488 e. The van der Waals surface area contributed by atoms with E-state index in [9.17, 15) is 14.4 Å². The van der Waals surface area contributed by atoms with Crippen LogP contribution >= 0.6 is 11.3 Å². The lowest BCUT2D eigenvalue weighted by atomic mass is 10.2. The first kappa shape index (κ1) is 21.8. The summed E-state index contributed by atoms with van der Waals surface area (Å²) in [6.07, 6.45) is 2.91. The fourth-order valence-corrected chi connectivity index (χ4v) is 4.25. The lowest BCUT2D eigenvalue weighted by Crippen LogP contribution is -2.27. The third kappa shape index (κ3) is 4.30. The molecular formula is C21H26N4O4S. The van der Waals surface area contributed by atoms with E-state index in [0.29, 0.717) is 51.1 Å². The predicted octanol–water partition coefficient (Wildman–Crippen LogP) is 2.59. The molecule has 3 heterocycles. The number of hydrogen-bond donors (Lipinski definition) is 2. The van der Waals surface area contributed by atoms with Gasteiger partial charge in [-0.3, -0.25) is 19.0 Å². The molecule has 3 rings (SSSR count). The Bertz CT molecular complexity index is 1210. The normalized spacial score (nSPS) is 11.4. The van der Waals surface area contributed by atoms with Crippen LogP contribution in [0.5, 0.6) is 5.75 Å². The monoisotopic (exact) mass is 430 g/mol. The molecule has 0 saturated carbocycles. The molecule has 0 aromatic carbocycles. The van der Waals surface area contributed by atoms with Gasteiger partial charge >= 0.3 is 0 Å². The van der Waals surface area contributed by atoms with Crippen LogP contribution in [0.1, 0.15) is 53.9 Å². The van der Waals surface area contributed by atoms with Crippen molar-refractivity contribution in [2.75, 3.05) is 6.61 Å². The molecule has 3 N–H and O–H groups in total. The van der Waals surface area contributed by atoms with Gasteiger partial charge in [0, 0.05) is 24.4 Å². The number of amides is 1. The van der Waals surface area contributed by atoms with Crippen LogP contribution in [0, 0.1) is 12.8 Å². The highest BCUT2D eigenvalue weighted by Gasteiger charge is 2.20. The molecular weight excluding hydrogens is 404 g/mol. The third-order valence-corrected chi connectivity index (χ3v) is 5.86. The summed E-state index contributed by atoms with van der Waals surface area (Å²) < 4.78 is 7.07. The SMILES string of the molecule is CCCc1nc2sc(C(N)=O)c(C)c2c(=O)n1Cc1cc(=O)c(OCC(C)C)c[nH]1. The Kier molecular flexibility index (Phi) is 6.40. The summed E-state index contributed by atoms with van der Waals surface area (Å²) in [6.45, 7) is 8.32. The van der Waals surface area contributed by atoms with Crippen molar-refractivity contribution in [2.24, 2.45) is 11.7 Å². The van der Waals surface area contributed by atoms with E-state index in [-0.39, 0.29) is 23.3 Å². The number of nitrogens with two attached hydrogens (primary N) is 1. The number of aromatic nitrogens is 3. The Morgan fingerprint density at radius 3 is 2.70 bits per heavy atom. The summed E-state index contributed by atoms with van der Waals surface area (Å²) in [4.78, 5) is 45.9. The second-order valence-electron chi connectivity index (χ2n) is 7.66. The van der Waals surface area contributed by atoms with E-state index in [4.69, 9.17) is 10.5 Å². The number of carbonyl (C=O) groups is 1. The Balaban J connectivity index is 2.05. The van der Waals surface area contributed by atoms with Crippen LogP contribution in [0.4, 0.5) is 0 Å². The Morgan fingerprint density at radius 1 is 1.37 bits per heavy atom. The molecule has 1 amide bonds. The second kappa shape index (κ2) is 8.83. The lowest BCUT2D eigenvalue weighted by molar-refractivity contribution is 0.100. The Hall–Kier alpha value is -2.94. The minimum atomic E-state index is -0.570. The topological polar surface area (TPSA) is 120 Å².